The molecule has 0 spiro atoms. The summed E-state index contributed by atoms with van der Waals surface area (Å²) in [6.45, 7) is 1.37. The molecular weight excluding hydrogens is 309 g/mol. The number of halogens is 1. The molecule has 24 heavy (non-hydrogen) atoms. The van der Waals surface area contributed by atoms with Crippen LogP contribution in [0.5, 0.6) is 0 Å². The maximum atomic E-state index is 14.5. The van der Waals surface area contributed by atoms with Crippen molar-refractivity contribution in [2.24, 2.45) is 0 Å². The van der Waals surface area contributed by atoms with Crippen molar-refractivity contribution in [1.82, 2.24) is 15.2 Å². The van der Waals surface area contributed by atoms with E-state index in [1.165, 1.54) is 24.1 Å². The molecule has 3 N–H and O–H groups in total. The highest BCUT2D eigenvalue weighted by Crippen LogP contribution is 2.32. The Bertz CT molecular complexity index is 950. The van der Waals surface area contributed by atoms with Gasteiger partial charge in [0.1, 0.15) is 0 Å². The molecule has 4 rings (SSSR count). The number of nitrogens with one attached hydrogen (secondary N) is 3. The van der Waals surface area contributed by atoms with E-state index in [-0.39, 0.29) is 17.5 Å². The summed E-state index contributed by atoms with van der Waals surface area (Å²) in [5.41, 5.74) is 3.82. The third-order valence-corrected chi connectivity index (χ3v) is 4.20. The summed E-state index contributed by atoms with van der Waals surface area (Å²) in [4.78, 5) is 15.4. The van der Waals surface area contributed by atoms with E-state index in [0.29, 0.717) is 11.0 Å². The Hall–Kier alpha value is -2.96. The molecule has 1 aliphatic carbocycles. The first-order chi connectivity index (χ1) is 11.6. The fraction of sp³-hybridized carbons (Fsp3) is 0.235. The summed E-state index contributed by atoms with van der Waals surface area (Å²) in [5, 5.41) is 12.8. The molecule has 0 radical (unpaired) electrons. The fourth-order valence-electron chi connectivity index (χ4n) is 3.14. The van der Waals surface area contributed by atoms with Crippen molar-refractivity contribution < 1.29 is 9.18 Å². The Balaban J connectivity index is 1.72. The van der Waals surface area contributed by atoms with Gasteiger partial charge in [0.25, 0.3) is 0 Å². The SMILES string of the molecule is CC(=O)Nc1n[nH]c2nc(Nc3cccc4c3CCC4)c(F)cc12. The molecule has 0 bridgehead atoms. The van der Waals surface area contributed by atoms with Crippen LogP contribution in [0, 0.1) is 5.82 Å². The van der Waals surface area contributed by atoms with Gasteiger partial charge in [0.05, 0.1) is 5.39 Å². The van der Waals surface area contributed by atoms with Crippen molar-refractivity contribution in [3.63, 3.8) is 0 Å². The van der Waals surface area contributed by atoms with E-state index in [1.54, 1.807) is 0 Å². The minimum atomic E-state index is -0.494. The van der Waals surface area contributed by atoms with Crippen LogP contribution in [-0.4, -0.2) is 21.1 Å². The van der Waals surface area contributed by atoms with Gasteiger partial charge < -0.3 is 10.6 Å². The van der Waals surface area contributed by atoms with Gasteiger partial charge in [-0.05, 0) is 42.5 Å². The van der Waals surface area contributed by atoms with E-state index < -0.39 is 5.82 Å². The molecule has 7 heteroatoms. The lowest BCUT2D eigenvalue weighted by Gasteiger charge is -2.11. The minimum absolute atomic E-state index is 0.140. The van der Waals surface area contributed by atoms with Crippen LogP contribution in [0.4, 0.5) is 21.7 Å². The molecule has 0 saturated carbocycles. The molecule has 122 valence electrons. The first-order valence-electron chi connectivity index (χ1n) is 7.82. The third kappa shape index (κ3) is 2.47. The van der Waals surface area contributed by atoms with E-state index in [4.69, 9.17) is 0 Å². The molecule has 6 nitrogen and oxygen atoms in total. The standard InChI is InChI=1S/C17H16FN5O/c1-9(24)19-15-12-8-13(18)17(21-16(12)23-22-15)20-14-7-3-5-10-4-2-6-11(10)14/h3,5,7-8H,2,4,6H2,1H3,(H3,19,20,21,22,23,24). The molecule has 1 aromatic carbocycles. The van der Waals surface area contributed by atoms with Gasteiger partial charge in [-0.25, -0.2) is 9.37 Å². The molecule has 0 aliphatic heterocycles. The molecule has 3 aromatic rings. The minimum Gasteiger partial charge on any atom is -0.337 e. The summed E-state index contributed by atoms with van der Waals surface area (Å²) in [6, 6.07) is 7.33. The number of anilines is 3. The molecule has 0 atom stereocenters. The monoisotopic (exact) mass is 325 g/mol. The third-order valence-electron chi connectivity index (χ3n) is 4.20. The average Bonchev–Trinajstić information content (AvgIpc) is 3.16. The second-order valence-corrected chi connectivity index (χ2v) is 5.89. The Labute approximate surface area is 137 Å². The number of amides is 1. The van der Waals surface area contributed by atoms with Gasteiger partial charge >= 0.3 is 0 Å². The topological polar surface area (TPSA) is 82.7 Å². The number of aromatic amines is 1. The van der Waals surface area contributed by atoms with Crippen LogP contribution < -0.4 is 10.6 Å². The molecule has 0 fully saturated rings. The number of H-pyrrole nitrogens is 1. The second kappa shape index (κ2) is 5.59. The van der Waals surface area contributed by atoms with Crippen LogP contribution in [0.25, 0.3) is 11.0 Å². The van der Waals surface area contributed by atoms with Crippen molar-refractivity contribution in [3.05, 3.63) is 41.2 Å². The number of rotatable bonds is 3. The predicted octanol–water partition coefficient (Wildman–Crippen LogP) is 3.29. The molecule has 2 heterocycles. The molecule has 2 aromatic heterocycles. The lowest BCUT2D eigenvalue weighted by molar-refractivity contribution is -0.114. The van der Waals surface area contributed by atoms with Crippen molar-refractivity contribution in [3.8, 4) is 0 Å². The number of nitrogens with zero attached hydrogens (tertiary/aromatic N) is 2. The van der Waals surface area contributed by atoms with Gasteiger partial charge in [0.2, 0.25) is 5.91 Å². The van der Waals surface area contributed by atoms with Gasteiger partial charge in [-0.3, -0.25) is 9.89 Å². The highest BCUT2D eigenvalue weighted by Gasteiger charge is 2.17. The highest BCUT2D eigenvalue weighted by molar-refractivity contribution is 5.98. The van der Waals surface area contributed by atoms with E-state index in [9.17, 15) is 9.18 Å². The number of hydrogen-bond acceptors (Lipinski definition) is 4. The van der Waals surface area contributed by atoms with Crippen molar-refractivity contribution >= 4 is 34.3 Å². The van der Waals surface area contributed by atoms with Gasteiger partial charge in [0.15, 0.2) is 23.1 Å². The Morgan fingerprint density at radius 2 is 2.17 bits per heavy atom. The van der Waals surface area contributed by atoms with Crippen LogP contribution in [0.3, 0.4) is 0 Å². The summed E-state index contributed by atoms with van der Waals surface area (Å²) >= 11 is 0. The van der Waals surface area contributed by atoms with Gasteiger partial charge in [-0.1, -0.05) is 12.1 Å². The Kier molecular flexibility index (Phi) is 3.41. The maximum absolute atomic E-state index is 14.5. The van der Waals surface area contributed by atoms with Crippen LogP contribution >= 0.6 is 0 Å². The van der Waals surface area contributed by atoms with Crippen molar-refractivity contribution in [2.45, 2.75) is 26.2 Å². The number of benzene rings is 1. The average molecular weight is 325 g/mol. The zero-order valence-electron chi connectivity index (χ0n) is 13.1. The number of fused-ring (bicyclic) bond motifs is 2. The Morgan fingerprint density at radius 1 is 1.29 bits per heavy atom. The molecule has 1 amide bonds. The van der Waals surface area contributed by atoms with E-state index in [2.05, 4.69) is 31.9 Å². The largest absolute Gasteiger partial charge is 0.337 e. The van der Waals surface area contributed by atoms with Crippen molar-refractivity contribution in [2.75, 3.05) is 10.6 Å². The summed E-state index contributed by atoms with van der Waals surface area (Å²) in [5.74, 6) is -0.353. The van der Waals surface area contributed by atoms with Crippen LogP contribution in [-0.2, 0) is 17.6 Å². The zero-order valence-corrected chi connectivity index (χ0v) is 13.1. The summed E-state index contributed by atoms with van der Waals surface area (Å²) < 4.78 is 14.5. The van der Waals surface area contributed by atoms with Crippen molar-refractivity contribution in [1.29, 1.82) is 0 Å². The maximum Gasteiger partial charge on any atom is 0.222 e. The van der Waals surface area contributed by atoms with Crippen LogP contribution in [0.1, 0.15) is 24.5 Å². The fourth-order valence-corrected chi connectivity index (χ4v) is 3.14. The number of carbonyl (C=O) groups is 1. The molecule has 0 saturated heterocycles. The van der Waals surface area contributed by atoms with E-state index in [0.717, 1.165) is 24.9 Å². The highest BCUT2D eigenvalue weighted by atomic mass is 19.1. The lowest BCUT2D eigenvalue weighted by Crippen LogP contribution is -2.06. The molecule has 1 aliphatic rings. The van der Waals surface area contributed by atoms with E-state index in [1.807, 2.05) is 12.1 Å². The predicted molar refractivity (Wildman–Crippen MR) is 89.9 cm³/mol. The van der Waals surface area contributed by atoms with Gasteiger partial charge in [0, 0.05) is 12.6 Å². The van der Waals surface area contributed by atoms with E-state index >= 15 is 0 Å². The number of aryl methyl sites for hydroxylation is 1. The first kappa shape index (κ1) is 14.6. The van der Waals surface area contributed by atoms with Gasteiger partial charge in [-0.2, -0.15) is 5.10 Å². The van der Waals surface area contributed by atoms with Crippen LogP contribution in [0.2, 0.25) is 0 Å². The lowest BCUT2D eigenvalue weighted by atomic mass is 10.1. The molecular formula is C17H16FN5O. The quantitative estimate of drug-likeness (QED) is 0.690. The summed E-state index contributed by atoms with van der Waals surface area (Å²) in [6.07, 6.45) is 3.16. The normalized spacial score (nSPS) is 13.1. The second-order valence-electron chi connectivity index (χ2n) is 5.89. The number of aromatic nitrogens is 3. The number of hydrogen-bond donors (Lipinski definition) is 3. The summed E-state index contributed by atoms with van der Waals surface area (Å²) in [7, 11) is 0. The number of carbonyl (C=O) groups excluding carboxylic acids is 1. The number of pyridine rings is 1. The Morgan fingerprint density at radius 3 is 3.00 bits per heavy atom. The zero-order chi connectivity index (χ0) is 16.7. The smallest absolute Gasteiger partial charge is 0.222 e. The van der Waals surface area contributed by atoms with Crippen LogP contribution in [0.15, 0.2) is 24.3 Å². The van der Waals surface area contributed by atoms with Gasteiger partial charge in [-0.15, -0.1) is 0 Å². The molecule has 0 unspecified atom stereocenters. The first-order valence-corrected chi connectivity index (χ1v) is 7.82.